The van der Waals surface area contributed by atoms with E-state index in [4.69, 9.17) is 17.3 Å². The van der Waals surface area contributed by atoms with Gasteiger partial charge in [-0.25, -0.2) is 0 Å². The zero-order valence-electron chi connectivity index (χ0n) is 11.1. The van der Waals surface area contributed by atoms with Gasteiger partial charge in [0.25, 0.3) is 0 Å². The van der Waals surface area contributed by atoms with Crippen LogP contribution in [-0.2, 0) is 4.79 Å². The van der Waals surface area contributed by atoms with Crippen LogP contribution in [0.2, 0.25) is 5.02 Å². The highest BCUT2D eigenvalue weighted by Gasteiger charge is 2.05. The Balaban J connectivity index is 1.83. The van der Waals surface area contributed by atoms with Crippen molar-refractivity contribution in [1.29, 1.82) is 0 Å². The van der Waals surface area contributed by atoms with Crippen LogP contribution in [0.25, 0.3) is 0 Å². The summed E-state index contributed by atoms with van der Waals surface area (Å²) < 4.78 is 0.975. The van der Waals surface area contributed by atoms with E-state index in [-0.39, 0.29) is 5.91 Å². The lowest BCUT2D eigenvalue weighted by atomic mass is 10.3. The number of hydrogen-bond donors (Lipinski definition) is 2. The van der Waals surface area contributed by atoms with Crippen molar-refractivity contribution in [3.8, 4) is 0 Å². The molecule has 0 aliphatic heterocycles. The summed E-state index contributed by atoms with van der Waals surface area (Å²) in [5.74, 6) is 0.617. The SMILES string of the molecule is Nc1ccc(Br)cc1SCCC(=O)Nc1cccc(Cl)c1. The van der Waals surface area contributed by atoms with Gasteiger partial charge in [-0.15, -0.1) is 11.8 Å². The number of amides is 1. The normalized spacial score (nSPS) is 10.4. The van der Waals surface area contributed by atoms with E-state index >= 15 is 0 Å². The Bertz CT molecular complexity index is 651. The number of nitrogens with one attached hydrogen (secondary N) is 1. The van der Waals surface area contributed by atoms with Gasteiger partial charge in [0.1, 0.15) is 0 Å². The maximum absolute atomic E-state index is 11.9. The summed E-state index contributed by atoms with van der Waals surface area (Å²) in [4.78, 5) is 12.8. The number of carbonyl (C=O) groups is 1. The van der Waals surface area contributed by atoms with Crippen molar-refractivity contribution in [3.05, 3.63) is 52.0 Å². The molecule has 2 aromatic rings. The van der Waals surface area contributed by atoms with Crippen LogP contribution in [0.5, 0.6) is 0 Å². The number of thioether (sulfide) groups is 1. The molecule has 0 saturated carbocycles. The van der Waals surface area contributed by atoms with Crippen molar-refractivity contribution in [2.75, 3.05) is 16.8 Å². The third kappa shape index (κ3) is 5.26. The highest BCUT2D eigenvalue weighted by Crippen LogP contribution is 2.28. The Labute approximate surface area is 141 Å². The van der Waals surface area contributed by atoms with Crippen LogP contribution in [0.1, 0.15) is 6.42 Å². The second-order valence-electron chi connectivity index (χ2n) is 4.34. The first-order valence-electron chi connectivity index (χ1n) is 6.28. The largest absolute Gasteiger partial charge is 0.398 e. The molecule has 0 fully saturated rings. The minimum Gasteiger partial charge on any atom is -0.398 e. The Kier molecular flexibility index (Phi) is 5.96. The molecule has 0 unspecified atom stereocenters. The fourth-order valence-electron chi connectivity index (χ4n) is 1.68. The summed E-state index contributed by atoms with van der Waals surface area (Å²) in [6.07, 6.45) is 0.406. The molecule has 110 valence electrons. The third-order valence-electron chi connectivity index (χ3n) is 2.67. The van der Waals surface area contributed by atoms with E-state index in [9.17, 15) is 4.79 Å². The molecule has 21 heavy (non-hydrogen) atoms. The van der Waals surface area contributed by atoms with Crippen molar-refractivity contribution in [1.82, 2.24) is 0 Å². The van der Waals surface area contributed by atoms with Crippen molar-refractivity contribution in [3.63, 3.8) is 0 Å². The Morgan fingerprint density at radius 3 is 2.86 bits per heavy atom. The average molecular weight is 386 g/mol. The van der Waals surface area contributed by atoms with Crippen LogP contribution in [0.4, 0.5) is 11.4 Å². The van der Waals surface area contributed by atoms with Crippen LogP contribution in [0.3, 0.4) is 0 Å². The Morgan fingerprint density at radius 1 is 1.29 bits per heavy atom. The summed E-state index contributed by atoms with van der Waals surface area (Å²) in [7, 11) is 0. The Morgan fingerprint density at radius 2 is 2.10 bits per heavy atom. The van der Waals surface area contributed by atoms with Crippen molar-refractivity contribution >= 4 is 56.6 Å². The predicted octanol–water partition coefficient (Wildman–Crippen LogP) is 4.81. The van der Waals surface area contributed by atoms with Crippen LogP contribution in [0.15, 0.2) is 51.8 Å². The lowest BCUT2D eigenvalue weighted by molar-refractivity contribution is -0.115. The minimum atomic E-state index is -0.0432. The molecule has 0 radical (unpaired) electrons. The standard InChI is InChI=1S/C15H14BrClN2OS/c16-10-4-5-13(18)14(8-10)21-7-6-15(20)19-12-3-1-2-11(17)9-12/h1-5,8-9H,6-7,18H2,(H,19,20). The van der Waals surface area contributed by atoms with E-state index in [2.05, 4.69) is 21.2 Å². The second kappa shape index (κ2) is 7.73. The molecule has 0 spiro atoms. The first-order valence-corrected chi connectivity index (χ1v) is 8.43. The monoisotopic (exact) mass is 384 g/mol. The molecular formula is C15H14BrClN2OS. The first kappa shape index (κ1) is 16.2. The highest BCUT2D eigenvalue weighted by molar-refractivity contribution is 9.10. The number of nitrogens with two attached hydrogens (primary N) is 1. The quantitative estimate of drug-likeness (QED) is 0.574. The molecule has 0 aromatic heterocycles. The van der Waals surface area contributed by atoms with Crippen molar-refractivity contribution in [2.24, 2.45) is 0 Å². The summed E-state index contributed by atoms with van der Waals surface area (Å²) >= 11 is 10.8. The van der Waals surface area contributed by atoms with Crippen LogP contribution < -0.4 is 11.1 Å². The fraction of sp³-hybridized carbons (Fsp3) is 0.133. The molecule has 0 aliphatic carbocycles. The third-order valence-corrected chi connectivity index (χ3v) is 4.47. The summed E-state index contributed by atoms with van der Waals surface area (Å²) in [6, 6.07) is 12.8. The van der Waals surface area contributed by atoms with E-state index in [1.165, 1.54) is 0 Å². The smallest absolute Gasteiger partial charge is 0.225 e. The van der Waals surface area contributed by atoms with Crippen molar-refractivity contribution < 1.29 is 4.79 Å². The Hall–Kier alpha value is -1.17. The van der Waals surface area contributed by atoms with Crippen molar-refractivity contribution in [2.45, 2.75) is 11.3 Å². The van der Waals surface area contributed by atoms with E-state index in [1.807, 2.05) is 24.3 Å². The molecule has 3 nitrogen and oxygen atoms in total. The molecule has 2 aromatic carbocycles. The predicted molar refractivity (Wildman–Crippen MR) is 94.0 cm³/mol. The molecule has 0 aliphatic rings. The molecule has 1 amide bonds. The molecular weight excluding hydrogens is 372 g/mol. The molecule has 0 heterocycles. The molecule has 2 rings (SSSR count). The van der Waals surface area contributed by atoms with Gasteiger partial charge >= 0.3 is 0 Å². The van der Waals surface area contributed by atoms with E-state index in [0.717, 1.165) is 15.1 Å². The van der Waals surface area contributed by atoms with Gasteiger partial charge in [-0.2, -0.15) is 0 Å². The highest BCUT2D eigenvalue weighted by atomic mass is 79.9. The van der Waals surface area contributed by atoms with Crippen LogP contribution >= 0.6 is 39.3 Å². The molecule has 3 N–H and O–H groups in total. The average Bonchev–Trinajstić information content (AvgIpc) is 2.42. The van der Waals surface area contributed by atoms with Gasteiger partial charge in [0.2, 0.25) is 5.91 Å². The molecule has 6 heteroatoms. The number of anilines is 2. The lowest BCUT2D eigenvalue weighted by Gasteiger charge is -2.07. The van der Waals surface area contributed by atoms with Gasteiger partial charge in [-0.05, 0) is 36.4 Å². The minimum absolute atomic E-state index is 0.0432. The lowest BCUT2D eigenvalue weighted by Crippen LogP contribution is -2.12. The van der Waals surface area contributed by atoms with Gasteiger partial charge in [0.05, 0.1) is 0 Å². The van der Waals surface area contributed by atoms with Gasteiger partial charge in [-0.3, -0.25) is 4.79 Å². The van der Waals surface area contributed by atoms with E-state index in [0.29, 0.717) is 22.9 Å². The molecule has 0 atom stereocenters. The van der Waals surface area contributed by atoms with Gasteiger partial charge in [0.15, 0.2) is 0 Å². The number of halogens is 2. The van der Waals surface area contributed by atoms with Gasteiger partial charge in [-0.1, -0.05) is 33.6 Å². The first-order chi connectivity index (χ1) is 10.0. The number of hydrogen-bond acceptors (Lipinski definition) is 3. The zero-order valence-corrected chi connectivity index (χ0v) is 14.3. The fourth-order valence-corrected chi connectivity index (χ4v) is 3.33. The van der Waals surface area contributed by atoms with Gasteiger partial charge in [0, 0.05) is 37.9 Å². The van der Waals surface area contributed by atoms with E-state index in [1.54, 1.807) is 30.0 Å². The maximum Gasteiger partial charge on any atom is 0.225 e. The summed E-state index contributed by atoms with van der Waals surface area (Å²) in [5.41, 5.74) is 7.32. The summed E-state index contributed by atoms with van der Waals surface area (Å²) in [6.45, 7) is 0. The van der Waals surface area contributed by atoms with E-state index < -0.39 is 0 Å². The zero-order chi connectivity index (χ0) is 15.2. The number of nitrogen functional groups attached to an aromatic ring is 1. The number of rotatable bonds is 5. The van der Waals surface area contributed by atoms with Crippen LogP contribution in [0, 0.1) is 0 Å². The second-order valence-corrected chi connectivity index (χ2v) is 6.83. The maximum atomic E-state index is 11.9. The molecule has 0 bridgehead atoms. The number of carbonyl (C=O) groups excluding carboxylic acids is 1. The van der Waals surface area contributed by atoms with Gasteiger partial charge < -0.3 is 11.1 Å². The summed E-state index contributed by atoms with van der Waals surface area (Å²) in [5, 5.41) is 3.42. The van der Waals surface area contributed by atoms with Crippen LogP contribution in [-0.4, -0.2) is 11.7 Å². The number of benzene rings is 2. The molecule has 0 saturated heterocycles. The topological polar surface area (TPSA) is 55.1 Å².